The Kier molecular flexibility index (Phi) is 5.27. The van der Waals surface area contributed by atoms with Gasteiger partial charge in [0, 0.05) is 31.1 Å². The number of amides is 1. The number of anilines is 1. The molecule has 1 amide bonds. The van der Waals surface area contributed by atoms with Crippen LogP contribution in [-0.4, -0.2) is 41.4 Å². The number of rotatable bonds is 4. The Morgan fingerprint density at radius 3 is 3.05 bits per heavy atom. The summed E-state index contributed by atoms with van der Waals surface area (Å²) >= 11 is 0. The molecule has 1 atom stereocenters. The lowest BCUT2D eigenvalue weighted by Gasteiger charge is -2.32. The number of hydrogen-bond donors (Lipinski definition) is 2. The SMILES string of the molecule is CCC1CN(CC(=O)Nc2cccc(F)c2)CC/C1=N\O. The van der Waals surface area contributed by atoms with Gasteiger partial charge in [0.25, 0.3) is 0 Å². The van der Waals surface area contributed by atoms with E-state index in [0.29, 0.717) is 25.2 Å². The van der Waals surface area contributed by atoms with Crippen LogP contribution in [-0.2, 0) is 4.79 Å². The zero-order valence-corrected chi connectivity index (χ0v) is 12.1. The molecule has 0 aliphatic carbocycles. The third kappa shape index (κ3) is 4.26. The maximum Gasteiger partial charge on any atom is 0.238 e. The molecule has 1 aliphatic rings. The van der Waals surface area contributed by atoms with E-state index < -0.39 is 0 Å². The lowest BCUT2D eigenvalue weighted by molar-refractivity contribution is -0.117. The van der Waals surface area contributed by atoms with Crippen molar-refractivity contribution in [2.45, 2.75) is 19.8 Å². The van der Waals surface area contributed by atoms with E-state index in [-0.39, 0.29) is 24.2 Å². The maximum absolute atomic E-state index is 13.1. The highest BCUT2D eigenvalue weighted by Gasteiger charge is 2.25. The number of nitrogens with zero attached hydrogens (tertiary/aromatic N) is 2. The fourth-order valence-corrected chi connectivity index (χ4v) is 2.59. The molecule has 1 aromatic carbocycles. The second-order valence-electron chi connectivity index (χ2n) is 5.24. The van der Waals surface area contributed by atoms with Crippen LogP contribution in [0.25, 0.3) is 0 Å². The minimum atomic E-state index is -0.374. The molecule has 1 saturated heterocycles. The van der Waals surface area contributed by atoms with Gasteiger partial charge in [0.2, 0.25) is 5.91 Å². The molecular formula is C15H20FN3O2. The quantitative estimate of drug-likeness (QED) is 0.661. The van der Waals surface area contributed by atoms with E-state index >= 15 is 0 Å². The van der Waals surface area contributed by atoms with Crippen LogP contribution in [0.15, 0.2) is 29.4 Å². The molecule has 5 nitrogen and oxygen atoms in total. The van der Waals surface area contributed by atoms with E-state index in [0.717, 1.165) is 12.1 Å². The number of carbonyl (C=O) groups is 1. The van der Waals surface area contributed by atoms with E-state index in [2.05, 4.69) is 10.5 Å². The summed E-state index contributed by atoms with van der Waals surface area (Å²) in [7, 11) is 0. The number of nitrogens with one attached hydrogen (secondary N) is 1. The van der Waals surface area contributed by atoms with Gasteiger partial charge in [-0.1, -0.05) is 18.1 Å². The number of carbonyl (C=O) groups excluding carboxylic acids is 1. The fourth-order valence-electron chi connectivity index (χ4n) is 2.59. The van der Waals surface area contributed by atoms with Crippen molar-refractivity contribution in [3.8, 4) is 0 Å². The topological polar surface area (TPSA) is 64.9 Å². The lowest BCUT2D eigenvalue weighted by atomic mass is 9.93. The third-order valence-electron chi connectivity index (χ3n) is 3.73. The van der Waals surface area contributed by atoms with Crippen LogP contribution in [0.5, 0.6) is 0 Å². The summed E-state index contributed by atoms with van der Waals surface area (Å²) < 4.78 is 13.1. The Balaban J connectivity index is 1.88. The molecule has 1 heterocycles. The van der Waals surface area contributed by atoms with Crippen molar-refractivity contribution in [3.63, 3.8) is 0 Å². The molecule has 1 unspecified atom stereocenters. The highest BCUT2D eigenvalue weighted by Crippen LogP contribution is 2.17. The third-order valence-corrected chi connectivity index (χ3v) is 3.73. The first kappa shape index (κ1) is 15.4. The van der Waals surface area contributed by atoms with Crippen molar-refractivity contribution in [1.29, 1.82) is 0 Å². The van der Waals surface area contributed by atoms with Gasteiger partial charge in [0.05, 0.1) is 12.3 Å². The molecule has 0 spiro atoms. The summed E-state index contributed by atoms with van der Waals surface area (Å²) in [5.74, 6) is -0.355. The standard InChI is InChI=1S/C15H20FN3O2/c1-2-11-9-19(7-6-14(11)18-21)10-15(20)17-13-5-3-4-12(16)8-13/h3-5,8,11,21H,2,6-7,9-10H2,1H3,(H,17,20)/b18-14+. The Hall–Kier alpha value is -1.95. The minimum Gasteiger partial charge on any atom is -0.411 e. The first-order valence-corrected chi connectivity index (χ1v) is 7.11. The zero-order chi connectivity index (χ0) is 15.2. The smallest absolute Gasteiger partial charge is 0.238 e. The van der Waals surface area contributed by atoms with Crippen molar-refractivity contribution in [2.24, 2.45) is 11.1 Å². The highest BCUT2D eigenvalue weighted by molar-refractivity contribution is 5.92. The summed E-state index contributed by atoms with van der Waals surface area (Å²) in [6.45, 7) is 3.68. The van der Waals surface area contributed by atoms with E-state index in [1.54, 1.807) is 12.1 Å². The normalized spacial score (nSPS) is 21.4. The van der Waals surface area contributed by atoms with Gasteiger partial charge in [0.1, 0.15) is 5.82 Å². The second-order valence-corrected chi connectivity index (χ2v) is 5.24. The summed E-state index contributed by atoms with van der Waals surface area (Å²) in [5, 5.41) is 15.0. The average molecular weight is 293 g/mol. The Labute approximate surface area is 123 Å². The fraction of sp³-hybridized carbons (Fsp3) is 0.467. The van der Waals surface area contributed by atoms with Crippen LogP contribution in [0.3, 0.4) is 0 Å². The molecule has 2 N–H and O–H groups in total. The number of halogens is 1. The largest absolute Gasteiger partial charge is 0.411 e. The van der Waals surface area contributed by atoms with Crippen molar-refractivity contribution >= 4 is 17.3 Å². The van der Waals surface area contributed by atoms with Crippen LogP contribution in [0.4, 0.5) is 10.1 Å². The Bertz CT molecular complexity index is 533. The monoisotopic (exact) mass is 293 g/mol. The van der Waals surface area contributed by atoms with Crippen molar-refractivity contribution in [3.05, 3.63) is 30.1 Å². The number of hydrogen-bond acceptors (Lipinski definition) is 4. The van der Waals surface area contributed by atoms with Crippen LogP contribution in [0.2, 0.25) is 0 Å². The predicted molar refractivity (Wildman–Crippen MR) is 79.1 cm³/mol. The molecule has 21 heavy (non-hydrogen) atoms. The Morgan fingerprint density at radius 1 is 1.57 bits per heavy atom. The average Bonchev–Trinajstić information content (AvgIpc) is 2.47. The van der Waals surface area contributed by atoms with E-state index in [1.807, 2.05) is 11.8 Å². The van der Waals surface area contributed by atoms with Gasteiger partial charge in [-0.25, -0.2) is 4.39 Å². The minimum absolute atomic E-state index is 0.167. The summed E-state index contributed by atoms with van der Waals surface area (Å²) in [6, 6.07) is 5.84. The first-order chi connectivity index (χ1) is 10.1. The van der Waals surface area contributed by atoms with Crippen molar-refractivity contribution < 1.29 is 14.4 Å². The van der Waals surface area contributed by atoms with Gasteiger partial charge >= 0.3 is 0 Å². The van der Waals surface area contributed by atoms with Crippen molar-refractivity contribution in [1.82, 2.24) is 4.90 Å². The predicted octanol–water partition coefficient (Wildman–Crippen LogP) is 2.33. The molecule has 1 aromatic rings. The van der Waals surface area contributed by atoms with E-state index in [4.69, 9.17) is 5.21 Å². The van der Waals surface area contributed by atoms with Crippen molar-refractivity contribution in [2.75, 3.05) is 25.0 Å². The molecule has 0 saturated carbocycles. The molecule has 0 radical (unpaired) electrons. The molecule has 6 heteroatoms. The van der Waals surface area contributed by atoms with Gasteiger partial charge in [0.15, 0.2) is 0 Å². The van der Waals surface area contributed by atoms with Crippen LogP contribution < -0.4 is 5.32 Å². The summed E-state index contributed by atoms with van der Waals surface area (Å²) in [6.07, 6.45) is 1.55. The molecular weight excluding hydrogens is 273 g/mol. The van der Waals surface area contributed by atoms with Crippen LogP contribution in [0.1, 0.15) is 19.8 Å². The second kappa shape index (κ2) is 7.17. The zero-order valence-electron chi connectivity index (χ0n) is 12.1. The summed E-state index contributed by atoms with van der Waals surface area (Å²) in [5.41, 5.74) is 1.26. The van der Waals surface area contributed by atoms with Gasteiger partial charge in [-0.3, -0.25) is 9.69 Å². The van der Waals surface area contributed by atoms with E-state index in [9.17, 15) is 9.18 Å². The molecule has 0 aromatic heterocycles. The molecule has 1 aliphatic heterocycles. The Morgan fingerprint density at radius 2 is 2.38 bits per heavy atom. The number of likely N-dealkylation sites (tertiary alicyclic amines) is 1. The highest BCUT2D eigenvalue weighted by atomic mass is 19.1. The first-order valence-electron chi connectivity index (χ1n) is 7.11. The van der Waals surface area contributed by atoms with Gasteiger partial charge in [-0.15, -0.1) is 0 Å². The van der Waals surface area contributed by atoms with Gasteiger partial charge in [-0.05, 0) is 24.6 Å². The number of benzene rings is 1. The molecule has 1 fully saturated rings. The van der Waals surface area contributed by atoms with E-state index in [1.165, 1.54) is 12.1 Å². The van der Waals surface area contributed by atoms with Crippen LogP contribution in [0, 0.1) is 11.7 Å². The van der Waals surface area contributed by atoms with Gasteiger partial charge in [-0.2, -0.15) is 0 Å². The lowest BCUT2D eigenvalue weighted by Crippen LogP contribution is -2.44. The molecule has 114 valence electrons. The molecule has 2 rings (SSSR count). The summed E-state index contributed by atoms with van der Waals surface area (Å²) in [4.78, 5) is 14.0. The van der Waals surface area contributed by atoms with Crippen LogP contribution >= 0.6 is 0 Å². The number of oxime groups is 1. The molecule has 0 bridgehead atoms. The van der Waals surface area contributed by atoms with Gasteiger partial charge < -0.3 is 10.5 Å². The number of piperidine rings is 1. The maximum atomic E-state index is 13.1.